The molecule has 108 valence electrons. The van der Waals surface area contributed by atoms with Crippen LogP contribution < -0.4 is 5.32 Å². The lowest BCUT2D eigenvalue weighted by Crippen LogP contribution is -2.19. The molecule has 5 nitrogen and oxygen atoms in total. The van der Waals surface area contributed by atoms with Gasteiger partial charge in [0, 0.05) is 14.1 Å². The van der Waals surface area contributed by atoms with E-state index in [-0.39, 0.29) is 12.5 Å². The highest BCUT2D eigenvalue weighted by Crippen LogP contribution is 2.24. The third-order valence-electron chi connectivity index (χ3n) is 2.58. The van der Waals surface area contributed by atoms with Crippen molar-refractivity contribution >= 4 is 23.1 Å². The molecule has 0 aromatic heterocycles. The molecule has 0 spiro atoms. The van der Waals surface area contributed by atoms with E-state index in [1.54, 1.807) is 6.08 Å². The van der Waals surface area contributed by atoms with Gasteiger partial charge in [0.05, 0.1) is 18.0 Å². The number of nitrogens with one attached hydrogen (secondary N) is 1. The first kappa shape index (κ1) is 15.9. The number of nitrogens with zero attached hydrogens (tertiary/aromatic N) is 2. The first-order chi connectivity index (χ1) is 9.54. The molecule has 0 heterocycles. The van der Waals surface area contributed by atoms with Crippen LogP contribution >= 0.6 is 0 Å². The molecule has 0 aliphatic rings. The van der Waals surface area contributed by atoms with Crippen molar-refractivity contribution in [1.29, 1.82) is 0 Å². The summed E-state index contributed by atoms with van der Waals surface area (Å²) in [7, 11) is 3.84. The first-order valence-electron chi connectivity index (χ1n) is 6.34. The lowest BCUT2D eigenvalue weighted by molar-refractivity contribution is -0.120. The summed E-state index contributed by atoms with van der Waals surface area (Å²) in [5.41, 5.74) is 1.39. The maximum absolute atomic E-state index is 11.7. The topological polar surface area (TPSA) is 53.9 Å². The molecule has 1 N–H and O–H groups in total. The van der Waals surface area contributed by atoms with Gasteiger partial charge in [-0.2, -0.15) is 0 Å². The zero-order valence-corrected chi connectivity index (χ0v) is 12.2. The molecule has 0 radical (unpaired) electrons. The Kier molecular flexibility index (Phi) is 6.46. The molecule has 0 saturated carbocycles. The molecule has 0 atom stereocenters. The summed E-state index contributed by atoms with van der Waals surface area (Å²) in [6.45, 7) is 5.79. The Hall–Kier alpha value is -2.14. The Morgan fingerprint density at radius 3 is 2.80 bits per heavy atom. The molecule has 1 aromatic rings. The average molecular weight is 275 g/mol. The lowest BCUT2D eigenvalue weighted by atomic mass is 10.2. The highest BCUT2D eigenvalue weighted by atomic mass is 16.5. The van der Waals surface area contributed by atoms with Gasteiger partial charge in [0.1, 0.15) is 12.4 Å². The molecule has 5 heteroatoms. The first-order valence-corrected chi connectivity index (χ1v) is 6.34. The van der Waals surface area contributed by atoms with Crippen molar-refractivity contribution in [2.45, 2.75) is 6.92 Å². The van der Waals surface area contributed by atoms with Gasteiger partial charge in [-0.25, -0.2) is 4.99 Å². The van der Waals surface area contributed by atoms with Crippen molar-refractivity contribution in [2.24, 2.45) is 4.99 Å². The number of carbonyl (C=O) groups is 1. The maximum atomic E-state index is 11.7. The zero-order valence-electron chi connectivity index (χ0n) is 12.2. The van der Waals surface area contributed by atoms with Crippen molar-refractivity contribution in [3.8, 4) is 0 Å². The van der Waals surface area contributed by atoms with Crippen LogP contribution in [0.25, 0.3) is 0 Å². The molecule has 0 aliphatic carbocycles. The second-order valence-electron chi connectivity index (χ2n) is 4.42. The number of ether oxygens (including phenoxy) is 1. The van der Waals surface area contributed by atoms with Crippen LogP contribution in [-0.4, -0.2) is 44.0 Å². The highest BCUT2D eigenvalue weighted by molar-refractivity contribution is 5.95. The van der Waals surface area contributed by atoms with Crippen LogP contribution in [0.1, 0.15) is 6.92 Å². The predicted octanol–water partition coefficient (Wildman–Crippen LogP) is 2.44. The normalized spacial score (nSPS) is 11.1. The molecular weight excluding hydrogens is 254 g/mol. The number of para-hydroxylation sites is 2. The van der Waals surface area contributed by atoms with Crippen LogP contribution in [-0.2, 0) is 9.53 Å². The summed E-state index contributed by atoms with van der Waals surface area (Å²) in [5.74, 6) is 0.645. The van der Waals surface area contributed by atoms with Crippen molar-refractivity contribution < 1.29 is 9.53 Å². The van der Waals surface area contributed by atoms with E-state index in [4.69, 9.17) is 4.74 Å². The van der Waals surface area contributed by atoms with Crippen LogP contribution in [0, 0.1) is 0 Å². The standard InChI is InChI=1S/C15H21N3O2/c1-5-10-20-11-15(19)17-14-9-7-6-8-13(14)16-12(2)18(3)4/h5-9H,1,10-11H2,2-4H3,(H,17,19). The SMILES string of the molecule is C=CCOCC(=O)Nc1ccccc1N=C(C)N(C)C. The largest absolute Gasteiger partial charge is 0.368 e. The Bertz CT molecular complexity index is 496. The summed E-state index contributed by atoms with van der Waals surface area (Å²) >= 11 is 0. The minimum absolute atomic E-state index is 0.00324. The molecule has 1 rings (SSSR count). The van der Waals surface area contributed by atoms with E-state index in [0.29, 0.717) is 12.3 Å². The molecule has 0 aliphatic heterocycles. The van der Waals surface area contributed by atoms with Crippen molar-refractivity contribution in [3.05, 3.63) is 36.9 Å². The second-order valence-corrected chi connectivity index (χ2v) is 4.42. The predicted molar refractivity (Wildman–Crippen MR) is 82.5 cm³/mol. The number of benzene rings is 1. The highest BCUT2D eigenvalue weighted by Gasteiger charge is 2.06. The summed E-state index contributed by atoms with van der Waals surface area (Å²) in [6, 6.07) is 7.40. The number of amides is 1. The minimum atomic E-state index is -0.211. The number of amidine groups is 1. The fraction of sp³-hybridized carbons (Fsp3) is 0.333. The molecule has 0 unspecified atom stereocenters. The van der Waals surface area contributed by atoms with Gasteiger partial charge in [-0.1, -0.05) is 18.2 Å². The molecular formula is C15H21N3O2. The Morgan fingerprint density at radius 1 is 1.45 bits per heavy atom. The summed E-state index contributed by atoms with van der Waals surface area (Å²) in [4.78, 5) is 18.1. The van der Waals surface area contributed by atoms with E-state index in [9.17, 15) is 4.79 Å². The summed E-state index contributed by atoms with van der Waals surface area (Å²) < 4.78 is 5.10. The second kappa shape index (κ2) is 8.12. The van der Waals surface area contributed by atoms with Gasteiger partial charge in [-0.3, -0.25) is 4.79 Å². The van der Waals surface area contributed by atoms with Gasteiger partial charge in [0.25, 0.3) is 0 Å². The Balaban J connectivity index is 2.78. The number of aliphatic imine (C=N–C) groups is 1. The van der Waals surface area contributed by atoms with Crippen LogP contribution in [0.4, 0.5) is 11.4 Å². The van der Waals surface area contributed by atoms with Crippen molar-refractivity contribution in [2.75, 3.05) is 32.6 Å². The van der Waals surface area contributed by atoms with E-state index in [2.05, 4.69) is 16.9 Å². The van der Waals surface area contributed by atoms with E-state index in [1.165, 1.54) is 0 Å². The van der Waals surface area contributed by atoms with Crippen molar-refractivity contribution in [3.63, 3.8) is 0 Å². The Labute approximate surface area is 120 Å². The van der Waals surface area contributed by atoms with E-state index >= 15 is 0 Å². The molecule has 1 aromatic carbocycles. The summed E-state index contributed by atoms with van der Waals surface area (Å²) in [6.07, 6.45) is 1.60. The monoisotopic (exact) mass is 275 g/mol. The Morgan fingerprint density at radius 2 is 2.15 bits per heavy atom. The minimum Gasteiger partial charge on any atom is -0.368 e. The maximum Gasteiger partial charge on any atom is 0.250 e. The third kappa shape index (κ3) is 5.24. The van der Waals surface area contributed by atoms with Crippen LogP contribution in [0.3, 0.4) is 0 Å². The quantitative estimate of drug-likeness (QED) is 0.375. The average Bonchev–Trinajstić information content (AvgIpc) is 2.41. The fourth-order valence-electron chi connectivity index (χ4n) is 1.37. The van der Waals surface area contributed by atoms with E-state index in [1.807, 2.05) is 50.2 Å². The van der Waals surface area contributed by atoms with Crippen LogP contribution in [0.2, 0.25) is 0 Å². The number of hydrogen-bond donors (Lipinski definition) is 1. The fourth-order valence-corrected chi connectivity index (χ4v) is 1.37. The summed E-state index contributed by atoms with van der Waals surface area (Å²) in [5, 5.41) is 2.79. The number of anilines is 1. The van der Waals surface area contributed by atoms with Crippen molar-refractivity contribution in [1.82, 2.24) is 4.90 Å². The zero-order chi connectivity index (χ0) is 15.0. The molecule has 1 amide bonds. The third-order valence-corrected chi connectivity index (χ3v) is 2.58. The van der Waals surface area contributed by atoms with Gasteiger partial charge in [0.2, 0.25) is 5.91 Å². The number of carbonyl (C=O) groups excluding carboxylic acids is 1. The van der Waals surface area contributed by atoms with Gasteiger partial charge < -0.3 is 15.0 Å². The number of hydrogen-bond acceptors (Lipinski definition) is 3. The van der Waals surface area contributed by atoms with Gasteiger partial charge in [-0.05, 0) is 19.1 Å². The van der Waals surface area contributed by atoms with E-state index in [0.717, 1.165) is 11.5 Å². The molecule has 0 saturated heterocycles. The smallest absolute Gasteiger partial charge is 0.250 e. The van der Waals surface area contributed by atoms with Crippen LogP contribution in [0.5, 0.6) is 0 Å². The molecule has 0 bridgehead atoms. The van der Waals surface area contributed by atoms with Gasteiger partial charge in [0.15, 0.2) is 0 Å². The molecule has 20 heavy (non-hydrogen) atoms. The van der Waals surface area contributed by atoms with Gasteiger partial charge in [-0.15, -0.1) is 6.58 Å². The molecule has 0 fully saturated rings. The lowest BCUT2D eigenvalue weighted by Gasteiger charge is -2.13. The van der Waals surface area contributed by atoms with Crippen LogP contribution in [0.15, 0.2) is 41.9 Å². The number of rotatable bonds is 6. The van der Waals surface area contributed by atoms with E-state index < -0.39 is 0 Å². The van der Waals surface area contributed by atoms with Gasteiger partial charge >= 0.3 is 0 Å².